The number of hydrogen-bond donors (Lipinski definition) is 2. The van der Waals surface area contributed by atoms with Crippen molar-refractivity contribution < 1.29 is 18.3 Å². The highest BCUT2D eigenvalue weighted by Gasteiger charge is 2.19. The molecule has 0 radical (unpaired) electrons. The van der Waals surface area contributed by atoms with Crippen molar-refractivity contribution in [2.24, 2.45) is 0 Å². The SMILES string of the molecule is COc1ccc(NS(=O)(=O)c2cccc(C)c2O)cc1. The molecule has 0 aromatic heterocycles. The average Bonchev–Trinajstić information content (AvgIpc) is 2.42. The second-order valence-corrected chi connectivity index (χ2v) is 5.91. The van der Waals surface area contributed by atoms with Crippen molar-refractivity contribution in [3.8, 4) is 11.5 Å². The number of phenols is 1. The lowest BCUT2D eigenvalue weighted by atomic mass is 10.2. The van der Waals surface area contributed by atoms with E-state index in [1.807, 2.05) is 0 Å². The fourth-order valence-electron chi connectivity index (χ4n) is 1.72. The van der Waals surface area contributed by atoms with Gasteiger partial charge in [-0.3, -0.25) is 4.72 Å². The topological polar surface area (TPSA) is 75.6 Å². The summed E-state index contributed by atoms with van der Waals surface area (Å²) in [6.45, 7) is 1.64. The number of rotatable bonds is 4. The highest BCUT2D eigenvalue weighted by Crippen LogP contribution is 2.28. The molecule has 2 N–H and O–H groups in total. The Morgan fingerprint density at radius 2 is 1.75 bits per heavy atom. The van der Waals surface area contributed by atoms with Crippen molar-refractivity contribution >= 4 is 15.7 Å². The monoisotopic (exact) mass is 293 g/mol. The van der Waals surface area contributed by atoms with Crippen LogP contribution in [0.15, 0.2) is 47.4 Å². The normalized spacial score (nSPS) is 11.1. The van der Waals surface area contributed by atoms with Crippen molar-refractivity contribution in [3.63, 3.8) is 0 Å². The first-order chi connectivity index (χ1) is 9.44. The van der Waals surface area contributed by atoms with Crippen LogP contribution in [0, 0.1) is 6.92 Å². The van der Waals surface area contributed by atoms with Gasteiger partial charge in [-0.15, -0.1) is 0 Å². The maximum Gasteiger partial charge on any atom is 0.265 e. The van der Waals surface area contributed by atoms with E-state index in [1.165, 1.54) is 13.2 Å². The maximum atomic E-state index is 12.2. The van der Waals surface area contributed by atoms with Gasteiger partial charge in [0.2, 0.25) is 0 Å². The number of anilines is 1. The molecular formula is C14H15NO4S. The summed E-state index contributed by atoms with van der Waals surface area (Å²) in [6.07, 6.45) is 0. The predicted molar refractivity (Wildman–Crippen MR) is 76.6 cm³/mol. The summed E-state index contributed by atoms with van der Waals surface area (Å²) in [6, 6.07) is 11.0. The van der Waals surface area contributed by atoms with Gasteiger partial charge in [-0.05, 0) is 42.8 Å². The highest BCUT2D eigenvalue weighted by molar-refractivity contribution is 7.92. The predicted octanol–water partition coefficient (Wildman–Crippen LogP) is 2.51. The Balaban J connectivity index is 2.33. The van der Waals surface area contributed by atoms with Gasteiger partial charge < -0.3 is 9.84 Å². The molecular weight excluding hydrogens is 278 g/mol. The number of aromatic hydroxyl groups is 1. The molecule has 0 atom stereocenters. The number of methoxy groups -OCH3 is 1. The molecule has 2 aromatic carbocycles. The molecule has 0 unspecified atom stereocenters. The molecule has 0 saturated heterocycles. The van der Waals surface area contributed by atoms with Crippen molar-refractivity contribution in [3.05, 3.63) is 48.0 Å². The lowest BCUT2D eigenvalue weighted by Crippen LogP contribution is -2.13. The first-order valence-electron chi connectivity index (χ1n) is 5.89. The minimum Gasteiger partial charge on any atom is -0.506 e. The van der Waals surface area contributed by atoms with Crippen LogP contribution in [0.3, 0.4) is 0 Å². The highest BCUT2D eigenvalue weighted by atomic mass is 32.2. The molecule has 0 aliphatic rings. The Labute approximate surface area is 117 Å². The Morgan fingerprint density at radius 3 is 2.35 bits per heavy atom. The van der Waals surface area contributed by atoms with Gasteiger partial charge in [0.1, 0.15) is 16.4 Å². The van der Waals surface area contributed by atoms with Gasteiger partial charge in [0.15, 0.2) is 0 Å². The maximum absolute atomic E-state index is 12.2. The smallest absolute Gasteiger partial charge is 0.265 e. The number of benzene rings is 2. The van der Waals surface area contributed by atoms with E-state index < -0.39 is 10.0 Å². The summed E-state index contributed by atoms with van der Waals surface area (Å²) in [5.74, 6) is 0.389. The molecule has 0 heterocycles. The van der Waals surface area contributed by atoms with Crippen LogP contribution in [0.25, 0.3) is 0 Å². The molecule has 0 aliphatic heterocycles. The van der Waals surface area contributed by atoms with E-state index in [9.17, 15) is 13.5 Å². The van der Waals surface area contributed by atoms with E-state index in [4.69, 9.17) is 4.74 Å². The molecule has 20 heavy (non-hydrogen) atoms. The fourth-order valence-corrected chi connectivity index (χ4v) is 2.95. The van der Waals surface area contributed by atoms with E-state index in [0.717, 1.165) is 0 Å². The third kappa shape index (κ3) is 2.85. The van der Waals surface area contributed by atoms with Gasteiger partial charge in [0, 0.05) is 5.69 Å². The molecule has 5 nitrogen and oxygen atoms in total. The molecule has 0 saturated carbocycles. The van der Waals surface area contributed by atoms with Gasteiger partial charge in [0.05, 0.1) is 7.11 Å². The summed E-state index contributed by atoms with van der Waals surface area (Å²) in [7, 11) is -2.30. The van der Waals surface area contributed by atoms with Gasteiger partial charge in [-0.2, -0.15) is 0 Å². The molecule has 0 spiro atoms. The zero-order valence-corrected chi connectivity index (χ0v) is 11.9. The van der Waals surface area contributed by atoms with Crippen LogP contribution in [0.4, 0.5) is 5.69 Å². The van der Waals surface area contributed by atoms with Gasteiger partial charge in [-0.25, -0.2) is 8.42 Å². The minimum absolute atomic E-state index is 0.145. The summed E-state index contributed by atoms with van der Waals surface area (Å²) in [5.41, 5.74) is 0.898. The van der Waals surface area contributed by atoms with Crippen molar-refractivity contribution in [2.45, 2.75) is 11.8 Å². The van der Waals surface area contributed by atoms with Crippen LogP contribution >= 0.6 is 0 Å². The Kier molecular flexibility index (Phi) is 3.85. The number of hydrogen-bond acceptors (Lipinski definition) is 4. The van der Waals surface area contributed by atoms with E-state index in [2.05, 4.69) is 4.72 Å². The lowest BCUT2D eigenvalue weighted by Gasteiger charge is -2.11. The quantitative estimate of drug-likeness (QED) is 0.908. The van der Waals surface area contributed by atoms with Gasteiger partial charge >= 0.3 is 0 Å². The van der Waals surface area contributed by atoms with E-state index in [-0.39, 0.29) is 10.6 Å². The van der Waals surface area contributed by atoms with Crippen LogP contribution < -0.4 is 9.46 Å². The number of nitrogens with one attached hydrogen (secondary N) is 1. The third-order valence-corrected chi connectivity index (χ3v) is 4.25. The van der Waals surface area contributed by atoms with Crippen molar-refractivity contribution in [1.29, 1.82) is 0 Å². The lowest BCUT2D eigenvalue weighted by molar-refractivity contribution is 0.415. The Bertz CT molecular complexity index is 708. The number of sulfonamides is 1. The van der Waals surface area contributed by atoms with Gasteiger partial charge in [0.25, 0.3) is 10.0 Å². The molecule has 0 fully saturated rings. The van der Waals surface area contributed by atoms with Crippen LogP contribution in [-0.2, 0) is 10.0 Å². The molecule has 2 aromatic rings. The molecule has 0 bridgehead atoms. The van der Waals surface area contributed by atoms with Gasteiger partial charge in [-0.1, -0.05) is 12.1 Å². The minimum atomic E-state index is -3.83. The van der Waals surface area contributed by atoms with Crippen molar-refractivity contribution in [1.82, 2.24) is 0 Å². The summed E-state index contributed by atoms with van der Waals surface area (Å²) >= 11 is 0. The molecule has 0 aliphatic carbocycles. The summed E-state index contributed by atoms with van der Waals surface area (Å²) in [4.78, 5) is -0.145. The summed E-state index contributed by atoms with van der Waals surface area (Å²) < 4.78 is 31.9. The molecule has 6 heteroatoms. The first kappa shape index (κ1) is 14.2. The third-order valence-electron chi connectivity index (χ3n) is 2.83. The molecule has 2 rings (SSSR count). The van der Waals surface area contributed by atoms with Crippen molar-refractivity contribution in [2.75, 3.05) is 11.8 Å². The zero-order valence-electron chi connectivity index (χ0n) is 11.1. The second kappa shape index (κ2) is 5.42. The number of phenolic OH excluding ortho intramolecular Hbond substituents is 1. The molecule has 106 valence electrons. The van der Waals surface area contributed by atoms with E-state index in [0.29, 0.717) is 17.0 Å². The Hall–Kier alpha value is -2.21. The molecule has 0 amide bonds. The average molecular weight is 293 g/mol. The standard InChI is InChI=1S/C14H15NO4S/c1-10-4-3-5-13(14(10)16)20(17,18)15-11-6-8-12(19-2)9-7-11/h3-9,15-16H,1-2H3. The van der Waals surface area contributed by atoms with E-state index >= 15 is 0 Å². The number of ether oxygens (including phenoxy) is 1. The Morgan fingerprint density at radius 1 is 1.10 bits per heavy atom. The number of para-hydroxylation sites is 1. The first-order valence-corrected chi connectivity index (χ1v) is 7.38. The largest absolute Gasteiger partial charge is 0.506 e. The van der Waals surface area contributed by atoms with Crippen LogP contribution in [0.5, 0.6) is 11.5 Å². The fraction of sp³-hybridized carbons (Fsp3) is 0.143. The van der Waals surface area contributed by atoms with E-state index in [1.54, 1.807) is 43.3 Å². The van der Waals surface area contributed by atoms with Crippen LogP contribution in [-0.4, -0.2) is 20.6 Å². The second-order valence-electron chi connectivity index (χ2n) is 4.26. The summed E-state index contributed by atoms with van der Waals surface area (Å²) in [5, 5.41) is 9.85. The van der Waals surface area contributed by atoms with Crippen LogP contribution in [0.2, 0.25) is 0 Å². The number of aryl methyl sites for hydroxylation is 1. The zero-order chi connectivity index (χ0) is 14.8. The van der Waals surface area contributed by atoms with Crippen LogP contribution in [0.1, 0.15) is 5.56 Å².